The second-order valence-electron chi connectivity index (χ2n) is 15.6. The van der Waals surface area contributed by atoms with Crippen LogP contribution >= 0.6 is 0 Å². The van der Waals surface area contributed by atoms with Crippen LogP contribution in [-0.4, -0.2) is 79.4 Å². The molecule has 4 heterocycles. The molecule has 0 unspecified atom stereocenters. The highest BCUT2D eigenvalue weighted by Gasteiger charge is 2.41. The van der Waals surface area contributed by atoms with Crippen molar-refractivity contribution in [3.63, 3.8) is 0 Å². The van der Waals surface area contributed by atoms with Crippen LogP contribution in [0.4, 0.5) is 9.59 Å². The molecular formula is C39H50N6O5. The van der Waals surface area contributed by atoms with Crippen molar-refractivity contribution in [2.75, 3.05) is 20.3 Å². The molecule has 4 aromatic rings. The average Bonchev–Trinajstić information content (AvgIpc) is 3.86. The number of imidazole rings is 2. The topological polar surface area (TPSA) is 126 Å². The van der Waals surface area contributed by atoms with Crippen LogP contribution in [0.2, 0.25) is 0 Å². The van der Waals surface area contributed by atoms with Gasteiger partial charge < -0.3 is 24.2 Å². The fraction of sp³-hybridized carbons (Fsp3) is 0.487. The maximum Gasteiger partial charge on any atom is 0.411 e. The van der Waals surface area contributed by atoms with Crippen molar-refractivity contribution in [2.24, 2.45) is 5.92 Å². The zero-order valence-corrected chi connectivity index (χ0v) is 30.4. The van der Waals surface area contributed by atoms with Gasteiger partial charge in [0.05, 0.1) is 42.5 Å². The number of hydrogen-bond acceptors (Lipinski definition) is 7. The highest BCUT2D eigenvalue weighted by molar-refractivity contribution is 5.72. The molecule has 2 aliphatic rings. The molecule has 11 heteroatoms. The predicted octanol–water partition coefficient (Wildman–Crippen LogP) is 8.54. The third kappa shape index (κ3) is 7.88. The highest BCUT2D eigenvalue weighted by atomic mass is 16.6. The molecule has 6 rings (SSSR count). The largest absolute Gasteiger partial charge is 0.444 e. The summed E-state index contributed by atoms with van der Waals surface area (Å²) in [6, 6.07) is 16.4. The number of nitrogens with one attached hydrogen (secondary N) is 2. The second kappa shape index (κ2) is 13.9. The van der Waals surface area contributed by atoms with Gasteiger partial charge in [-0.15, -0.1) is 0 Å². The van der Waals surface area contributed by atoms with Crippen LogP contribution in [-0.2, 0) is 14.2 Å². The van der Waals surface area contributed by atoms with E-state index < -0.39 is 11.2 Å². The monoisotopic (exact) mass is 682 g/mol. The summed E-state index contributed by atoms with van der Waals surface area (Å²) in [7, 11) is 1.68. The van der Waals surface area contributed by atoms with Crippen molar-refractivity contribution >= 4 is 12.2 Å². The highest BCUT2D eigenvalue weighted by Crippen LogP contribution is 2.38. The first-order valence-electron chi connectivity index (χ1n) is 17.5. The number of methoxy groups -OCH3 is 1. The Morgan fingerprint density at radius 2 is 1.22 bits per heavy atom. The van der Waals surface area contributed by atoms with E-state index in [1.54, 1.807) is 12.0 Å². The van der Waals surface area contributed by atoms with E-state index >= 15 is 0 Å². The van der Waals surface area contributed by atoms with Crippen molar-refractivity contribution in [3.8, 4) is 33.6 Å². The third-order valence-electron chi connectivity index (χ3n) is 9.24. The van der Waals surface area contributed by atoms with E-state index in [0.29, 0.717) is 13.2 Å². The maximum absolute atomic E-state index is 13.1. The zero-order valence-electron chi connectivity index (χ0n) is 30.4. The molecule has 2 N–H and O–H groups in total. The summed E-state index contributed by atoms with van der Waals surface area (Å²) in [4.78, 5) is 46.0. The quantitative estimate of drug-likeness (QED) is 0.200. The van der Waals surface area contributed by atoms with Gasteiger partial charge in [0.2, 0.25) is 0 Å². The van der Waals surface area contributed by atoms with Gasteiger partial charge in [-0.05, 0) is 90.0 Å². The normalized spacial score (nSPS) is 21.1. The Bertz CT molecular complexity index is 1780. The standard InChI is InChI=1S/C39H50N6O5/c1-24-9-18-32(45(24)37(47)50-39(5,6)7)34-40-20-30(42-34)28-14-10-26(11-15-28)27-12-16-29(17-13-27)31-21-41-35(43-31)33-19-25(23-48-8)22-44(33)36(46)49-38(2,3)4/h10-17,20-21,24-25,32-33H,9,18-19,22-23H2,1-8H3,(H,40,42)(H,41,43)/t24-,25-,32-,33-/m0/s1. The molecule has 2 fully saturated rings. The van der Waals surface area contributed by atoms with Gasteiger partial charge in [-0.25, -0.2) is 19.6 Å². The summed E-state index contributed by atoms with van der Waals surface area (Å²) in [5.41, 5.74) is 4.86. The molecule has 0 aliphatic carbocycles. The van der Waals surface area contributed by atoms with Crippen molar-refractivity contribution in [2.45, 2.75) is 97.1 Å². The first kappa shape index (κ1) is 35.2. The Morgan fingerprint density at radius 1 is 0.740 bits per heavy atom. The molecule has 11 nitrogen and oxygen atoms in total. The second-order valence-corrected chi connectivity index (χ2v) is 15.6. The van der Waals surface area contributed by atoms with Gasteiger partial charge in [0.1, 0.15) is 22.9 Å². The molecule has 2 aliphatic heterocycles. The van der Waals surface area contributed by atoms with Crippen LogP contribution in [0.15, 0.2) is 60.9 Å². The number of aromatic nitrogens is 4. The minimum atomic E-state index is -0.582. The average molecular weight is 683 g/mol. The third-order valence-corrected chi connectivity index (χ3v) is 9.24. The summed E-state index contributed by atoms with van der Waals surface area (Å²) < 4.78 is 16.8. The minimum absolute atomic E-state index is 0.0834. The van der Waals surface area contributed by atoms with E-state index in [2.05, 4.69) is 70.4 Å². The van der Waals surface area contributed by atoms with Crippen molar-refractivity contribution in [1.29, 1.82) is 0 Å². The molecule has 0 spiro atoms. The Kier molecular flexibility index (Phi) is 9.81. The zero-order chi connectivity index (χ0) is 35.8. The fourth-order valence-electron chi connectivity index (χ4n) is 6.93. The number of hydrogen-bond donors (Lipinski definition) is 2. The number of likely N-dealkylation sites (tertiary alicyclic amines) is 2. The lowest BCUT2D eigenvalue weighted by molar-refractivity contribution is 0.0150. The van der Waals surface area contributed by atoms with Crippen molar-refractivity contribution in [1.82, 2.24) is 29.7 Å². The van der Waals surface area contributed by atoms with E-state index in [1.807, 2.05) is 58.8 Å². The molecule has 2 saturated heterocycles. The molecule has 2 aromatic carbocycles. The predicted molar refractivity (Wildman–Crippen MR) is 192 cm³/mol. The van der Waals surface area contributed by atoms with Gasteiger partial charge in [0.25, 0.3) is 0 Å². The number of ether oxygens (including phenoxy) is 3. The van der Waals surface area contributed by atoms with Crippen LogP contribution in [0.3, 0.4) is 0 Å². The molecular weight excluding hydrogens is 632 g/mol. The van der Waals surface area contributed by atoms with E-state index in [0.717, 1.165) is 64.6 Å². The van der Waals surface area contributed by atoms with Crippen LogP contribution in [0.5, 0.6) is 0 Å². The number of aromatic amines is 2. The molecule has 2 aromatic heterocycles. The van der Waals surface area contributed by atoms with E-state index in [4.69, 9.17) is 19.2 Å². The van der Waals surface area contributed by atoms with Crippen LogP contribution in [0.25, 0.3) is 33.6 Å². The molecule has 0 saturated carbocycles. The van der Waals surface area contributed by atoms with Crippen LogP contribution in [0.1, 0.15) is 91.5 Å². The van der Waals surface area contributed by atoms with Gasteiger partial charge in [-0.2, -0.15) is 0 Å². The van der Waals surface area contributed by atoms with E-state index in [1.165, 1.54) is 0 Å². The number of carbonyl (C=O) groups excluding carboxylic acids is 2. The number of amides is 2. The molecule has 2 amide bonds. The summed E-state index contributed by atoms with van der Waals surface area (Å²) in [6.45, 7) is 14.5. The first-order valence-corrected chi connectivity index (χ1v) is 17.5. The van der Waals surface area contributed by atoms with Crippen molar-refractivity contribution in [3.05, 3.63) is 72.6 Å². The van der Waals surface area contributed by atoms with Crippen LogP contribution < -0.4 is 0 Å². The molecule has 0 radical (unpaired) electrons. The molecule has 266 valence electrons. The van der Waals surface area contributed by atoms with E-state index in [-0.39, 0.29) is 36.2 Å². The molecule has 0 bridgehead atoms. The smallest absolute Gasteiger partial charge is 0.411 e. The molecule has 4 atom stereocenters. The summed E-state index contributed by atoms with van der Waals surface area (Å²) in [5.74, 6) is 1.72. The fourth-order valence-corrected chi connectivity index (χ4v) is 6.93. The van der Waals surface area contributed by atoms with Crippen molar-refractivity contribution < 1.29 is 23.8 Å². The molecule has 50 heavy (non-hydrogen) atoms. The van der Waals surface area contributed by atoms with Gasteiger partial charge in [0, 0.05) is 25.6 Å². The summed E-state index contributed by atoms with van der Waals surface area (Å²) in [5, 5.41) is 0. The Balaban J connectivity index is 1.13. The van der Waals surface area contributed by atoms with Gasteiger partial charge in [0.15, 0.2) is 0 Å². The Morgan fingerprint density at radius 3 is 1.72 bits per heavy atom. The lowest BCUT2D eigenvalue weighted by Crippen LogP contribution is -2.40. The number of carbonyl (C=O) groups is 2. The van der Waals surface area contributed by atoms with Crippen LogP contribution in [0, 0.1) is 5.92 Å². The Labute approximate surface area is 294 Å². The SMILES string of the molecule is COC[C@H]1C[C@@H](c2ncc(-c3ccc(-c4ccc(-c5cnc([C@@H]6CC[C@H](C)N6C(=O)OC(C)(C)C)[nH]5)cc4)cc3)[nH]2)N(C(=O)OC(C)(C)C)C1. The maximum atomic E-state index is 13.1. The first-order chi connectivity index (χ1) is 23.7. The summed E-state index contributed by atoms with van der Waals surface area (Å²) >= 11 is 0. The van der Waals surface area contributed by atoms with Gasteiger partial charge >= 0.3 is 12.2 Å². The van der Waals surface area contributed by atoms with Gasteiger partial charge in [-0.3, -0.25) is 9.80 Å². The van der Waals surface area contributed by atoms with Gasteiger partial charge in [-0.1, -0.05) is 48.5 Å². The Hall–Kier alpha value is -4.64. The minimum Gasteiger partial charge on any atom is -0.444 e. The number of benzene rings is 2. The number of rotatable bonds is 7. The number of nitrogens with zero attached hydrogens (tertiary/aromatic N) is 4. The summed E-state index contributed by atoms with van der Waals surface area (Å²) in [6.07, 6.45) is 5.51. The number of H-pyrrole nitrogens is 2. The lowest BCUT2D eigenvalue weighted by atomic mass is 10.0. The lowest BCUT2D eigenvalue weighted by Gasteiger charge is -2.30. The van der Waals surface area contributed by atoms with E-state index in [9.17, 15) is 9.59 Å².